The molecule has 144 valence electrons. The van der Waals surface area contributed by atoms with Gasteiger partial charge in [-0.05, 0) is 42.8 Å². The summed E-state index contributed by atoms with van der Waals surface area (Å²) in [6.07, 6.45) is 0. The predicted octanol–water partition coefficient (Wildman–Crippen LogP) is 5.26. The van der Waals surface area contributed by atoms with Gasteiger partial charge in [-0.25, -0.2) is 0 Å². The van der Waals surface area contributed by atoms with Gasteiger partial charge in [-0.1, -0.05) is 44.8 Å². The molecule has 2 aromatic carbocycles. The number of carbonyl (C=O) groups is 1. The molecule has 5 rings (SSSR count). The summed E-state index contributed by atoms with van der Waals surface area (Å²) in [5.74, 6) is 0.381. The second-order valence-corrected chi connectivity index (χ2v) is 8.10. The number of nitrogens with zero attached hydrogens (tertiary/aromatic N) is 2. The van der Waals surface area contributed by atoms with E-state index < -0.39 is 11.9 Å². The standard InChI is InChI=1S/C21H12BrClN2O4/c1-10-7-16(24-29-10)25-18(11-3-2-4-13(23)8-11)17-19(26)14-9-12(22)5-6-15(14)28-20(17)21(25)27/h2-9,18H,1H3/t18-/m0/s1. The summed E-state index contributed by atoms with van der Waals surface area (Å²) >= 11 is 9.58. The fourth-order valence-electron chi connectivity index (χ4n) is 3.64. The smallest absolute Gasteiger partial charge is 0.296 e. The monoisotopic (exact) mass is 470 g/mol. The third kappa shape index (κ3) is 2.81. The largest absolute Gasteiger partial charge is 0.450 e. The number of aromatic nitrogens is 1. The van der Waals surface area contributed by atoms with E-state index in [0.29, 0.717) is 33.1 Å². The SMILES string of the molecule is Cc1cc(N2C(=O)c3oc4ccc(Br)cc4c(=O)c3[C@@H]2c2cccc(Cl)c2)no1. The van der Waals surface area contributed by atoms with Gasteiger partial charge in [-0.2, -0.15) is 0 Å². The van der Waals surface area contributed by atoms with E-state index in [-0.39, 0.29) is 16.8 Å². The first-order chi connectivity index (χ1) is 13.9. The molecule has 2 aromatic heterocycles. The molecule has 0 aliphatic carbocycles. The maximum absolute atomic E-state index is 13.4. The first-order valence-corrected chi connectivity index (χ1v) is 9.90. The van der Waals surface area contributed by atoms with Gasteiger partial charge < -0.3 is 8.94 Å². The summed E-state index contributed by atoms with van der Waals surface area (Å²) in [5, 5.41) is 4.87. The van der Waals surface area contributed by atoms with Crippen LogP contribution in [0.2, 0.25) is 5.02 Å². The van der Waals surface area contributed by atoms with Gasteiger partial charge in [0.25, 0.3) is 5.91 Å². The number of aryl methyl sites for hydroxylation is 1. The van der Waals surface area contributed by atoms with Crippen molar-refractivity contribution < 1.29 is 13.7 Å². The number of rotatable bonds is 2. The van der Waals surface area contributed by atoms with Crippen LogP contribution >= 0.6 is 27.5 Å². The van der Waals surface area contributed by atoms with Crippen molar-refractivity contribution in [2.75, 3.05) is 4.90 Å². The van der Waals surface area contributed by atoms with Gasteiger partial charge >= 0.3 is 0 Å². The van der Waals surface area contributed by atoms with Crippen LogP contribution in [0.3, 0.4) is 0 Å². The molecular formula is C21H12BrClN2O4. The average Bonchev–Trinajstić information content (AvgIpc) is 3.24. The molecular weight excluding hydrogens is 460 g/mol. The summed E-state index contributed by atoms with van der Waals surface area (Å²) in [6, 6.07) is 13.0. The Labute approximate surface area is 177 Å². The molecule has 0 bridgehead atoms. The highest BCUT2D eigenvalue weighted by atomic mass is 79.9. The lowest BCUT2D eigenvalue weighted by atomic mass is 9.98. The molecule has 0 unspecified atom stereocenters. The molecule has 29 heavy (non-hydrogen) atoms. The van der Waals surface area contributed by atoms with Gasteiger partial charge in [0, 0.05) is 15.6 Å². The zero-order chi connectivity index (χ0) is 20.3. The van der Waals surface area contributed by atoms with Crippen molar-refractivity contribution in [3.8, 4) is 0 Å². The first-order valence-electron chi connectivity index (χ1n) is 8.72. The lowest BCUT2D eigenvalue weighted by Crippen LogP contribution is -2.29. The fraction of sp³-hybridized carbons (Fsp3) is 0.0952. The van der Waals surface area contributed by atoms with Gasteiger partial charge in [0.1, 0.15) is 11.3 Å². The van der Waals surface area contributed by atoms with E-state index in [4.69, 9.17) is 20.5 Å². The van der Waals surface area contributed by atoms with Crippen LogP contribution in [-0.4, -0.2) is 11.1 Å². The Morgan fingerprint density at radius 1 is 1.14 bits per heavy atom. The van der Waals surface area contributed by atoms with Crippen LogP contribution in [0, 0.1) is 6.92 Å². The summed E-state index contributed by atoms with van der Waals surface area (Å²) in [7, 11) is 0. The van der Waals surface area contributed by atoms with Gasteiger partial charge in [0.15, 0.2) is 11.2 Å². The first kappa shape index (κ1) is 18.1. The molecule has 4 aromatic rings. The summed E-state index contributed by atoms with van der Waals surface area (Å²) in [6.45, 7) is 1.73. The van der Waals surface area contributed by atoms with E-state index in [0.717, 1.165) is 4.47 Å². The Hall–Kier alpha value is -2.90. The number of halogens is 2. The summed E-state index contributed by atoms with van der Waals surface area (Å²) < 4.78 is 11.8. The van der Waals surface area contributed by atoms with Crippen molar-refractivity contribution in [3.63, 3.8) is 0 Å². The highest BCUT2D eigenvalue weighted by Gasteiger charge is 2.44. The van der Waals surface area contributed by atoms with Gasteiger partial charge in [-0.15, -0.1) is 0 Å². The third-order valence-corrected chi connectivity index (χ3v) is 5.59. The molecule has 0 saturated heterocycles. The lowest BCUT2D eigenvalue weighted by Gasteiger charge is -2.22. The Kier molecular flexibility index (Phi) is 4.11. The molecule has 1 aliphatic rings. The van der Waals surface area contributed by atoms with E-state index in [9.17, 15) is 9.59 Å². The van der Waals surface area contributed by atoms with Crippen molar-refractivity contribution in [2.45, 2.75) is 13.0 Å². The average molecular weight is 472 g/mol. The van der Waals surface area contributed by atoms with Gasteiger partial charge in [0.05, 0.1) is 17.0 Å². The van der Waals surface area contributed by atoms with E-state index in [2.05, 4.69) is 21.1 Å². The number of amides is 1. The van der Waals surface area contributed by atoms with Crippen molar-refractivity contribution >= 4 is 50.2 Å². The Balaban J connectivity index is 1.84. The number of hydrogen-bond donors (Lipinski definition) is 0. The molecule has 0 radical (unpaired) electrons. The number of hydrogen-bond acceptors (Lipinski definition) is 5. The van der Waals surface area contributed by atoms with Crippen LogP contribution in [0.5, 0.6) is 0 Å². The van der Waals surface area contributed by atoms with Crippen molar-refractivity contribution in [1.29, 1.82) is 0 Å². The summed E-state index contributed by atoms with van der Waals surface area (Å²) in [4.78, 5) is 28.1. The number of benzene rings is 2. The van der Waals surface area contributed by atoms with E-state index in [1.54, 1.807) is 49.4 Å². The molecule has 0 fully saturated rings. The normalized spacial score (nSPS) is 15.9. The molecule has 1 atom stereocenters. The Morgan fingerprint density at radius 2 is 1.97 bits per heavy atom. The van der Waals surface area contributed by atoms with Crippen molar-refractivity contribution in [2.24, 2.45) is 0 Å². The van der Waals surface area contributed by atoms with E-state index in [1.165, 1.54) is 4.90 Å². The molecule has 0 spiro atoms. The van der Waals surface area contributed by atoms with Crippen LogP contribution < -0.4 is 10.3 Å². The number of fused-ring (bicyclic) bond motifs is 2. The molecule has 1 amide bonds. The highest BCUT2D eigenvalue weighted by molar-refractivity contribution is 9.10. The van der Waals surface area contributed by atoms with E-state index >= 15 is 0 Å². The highest BCUT2D eigenvalue weighted by Crippen LogP contribution is 2.41. The molecule has 0 N–H and O–H groups in total. The van der Waals surface area contributed by atoms with Crippen LogP contribution in [0.25, 0.3) is 11.0 Å². The van der Waals surface area contributed by atoms with Gasteiger partial charge in [-0.3, -0.25) is 14.5 Å². The quantitative estimate of drug-likeness (QED) is 0.399. The lowest BCUT2D eigenvalue weighted by molar-refractivity contribution is 0.0969. The zero-order valence-electron chi connectivity index (χ0n) is 15.0. The molecule has 8 heteroatoms. The van der Waals surface area contributed by atoms with Crippen LogP contribution in [0.15, 0.2) is 66.7 Å². The number of anilines is 1. The molecule has 0 saturated carbocycles. The minimum absolute atomic E-state index is 0.00421. The summed E-state index contributed by atoms with van der Waals surface area (Å²) in [5.41, 5.74) is 0.993. The fourth-order valence-corrected chi connectivity index (χ4v) is 4.20. The topological polar surface area (TPSA) is 76.6 Å². The molecule has 6 nitrogen and oxygen atoms in total. The predicted molar refractivity (Wildman–Crippen MR) is 112 cm³/mol. The Morgan fingerprint density at radius 3 is 2.69 bits per heavy atom. The minimum atomic E-state index is -0.736. The van der Waals surface area contributed by atoms with Crippen molar-refractivity contribution in [1.82, 2.24) is 5.16 Å². The van der Waals surface area contributed by atoms with Crippen molar-refractivity contribution in [3.05, 3.63) is 90.9 Å². The van der Waals surface area contributed by atoms with Crippen LogP contribution in [0.1, 0.15) is 33.5 Å². The zero-order valence-corrected chi connectivity index (χ0v) is 17.3. The Bertz CT molecular complexity index is 1360. The van der Waals surface area contributed by atoms with Gasteiger partial charge in [0.2, 0.25) is 5.76 Å². The second kappa shape index (κ2) is 6.57. The van der Waals surface area contributed by atoms with Crippen LogP contribution in [0.4, 0.5) is 5.82 Å². The number of carbonyl (C=O) groups excluding carboxylic acids is 1. The maximum atomic E-state index is 13.4. The molecule has 1 aliphatic heterocycles. The second-order valence-electron chi connectivity index (χ2n) is 6.74. The third-order valence-electron chi connectivity index (χ3n) is 4.86. The maximum Gasteiger partial charge on any atom is 0.296 e. The van der Waals surface area contributed by atoms with E-state index in [1.807, 2.05) is 6.07 Å². The molecule has 3 heterocycles. The van der Waals surface area contributed by atoms with Crippen LogP contribution in [-0.2, 0) is 0 Å². The minimum Gasteiger partial charge on any atom is -0.450 e.